The summed E-state index contributed by atoms with van der Waals surface area (Å²) >= 11 is 0. The van der Waals surface area contributed by atoms with E-state index < -0.39 is 37.7 Å². The van der Waals surface area contributed by atoms with E-state index in [9.17, 15) is 36.3 Å². The topological polar surface area (TPSA) is 108 Å². The second-order valence-electron chi connectivity index (χ2n) is 7.02. The maximum atomic E-state index is 12.9. The molecule has 1 saturated heterocycles. The summed E-state index contributed by atoms with van der Waals surface area (Å²) in [4.78, 5) is 30.5. The third kappa shape index (κ3) is 3.36. The van der Waals surface area contributed by atoms with Crippen LogP contribution in [0.2, 0.25) is 0 Å². The number of hydrogen-bond donors (Lipinski definition) is 1. The molecule has 1 aliphatic rings. The molecule has 0 spiro atoms. The van der Waals surface area contributed by atoms with Crippen molar-refractivity contribution in [3.05, 3.63) is 48.3 Å². The number of benzene rings is 1. The molecule has 0 bridgehead atoms. The average molecular weight is 443 g/mol. The minimum atomic E-state index is -5.56. The van der Waals surface area contributed by atoms with Gasteiger partial charge in [0.15, 0.2) is 0 Å². The lowest BCUT2D eigenvalue weighted by Gasteiger charge is -2.27. The smallest absolute Gasteiger partial charge is 0.501 e. The number of halogens is 3. The summed E-state index contributed by atoms with van der Waals surface area (Å²) in [6, 6.07) is 3.98. The van der Waals surface area contributed by atoms with Crippen LogP contribution in [0.4, 0.5) is 23.7 Å². The first-order chi connectivity index (χ1) is 13.8. The van der Waals surface area contributed by atoms with Crippen molar-refractivity contribution in [3.63, 3.8) is 0 Å². The Morgan fingerprint density at radius 3 is 2.23 bits per heavy atom. The molecule has 30 heavy (non-hydrogen) atoms. The van der Waals surface area contributed by atoms with Crippen molar-refractivity contribution >= 4 is 27.5 Å². The molecular weight excluding hydrogens is 427 g/mol. The molecule has 2 aromatic rings. The first-order valence-corrected chi connectivity index (χ1v) is 9.96. The molecule has 1 aromatic heterocycles. The Morgan fingerprint density at radius 1 is 1.10 bits per heavy atom. The molecule has 160 valence electrons. The van der Waals surface area contributed by atoms with E-state index in [1.165, 1.54) is 37.2 Å². The maximum Gasteiger partial charge on any atom is 0.501 e. The van der Waals surface area contributed by atoms with Gasteiger partial charge in [0.05, 0.1) is 23.3 Å². The summed E-state index contributed by atoms with van der Waals surface area (Å²) in [6.07, 6.45) is 2.59. The van der Waals surface area contributed by atoms with E-state index in [2.05, 4.69) is 4.98 Å². The van der Waals surface area contributed by atoms with Gasteiger partial charge in [-0.25, -0.2) is 18.1 Å². The third-order valence-corrected chi connectivity index (χ3v) is 6.25. The Morgan fingerprint density at radius 2 is 1.70 bits per heavy atom. The van der Waals surface area contributed by atoms with E-state index in [1.807, 2.05) is 0 Å². The lowest BCUT2D eigenvalue weighted by molar-refractivity contribution is -0.123. The highest BCUT2D eigenvalue weighted by atomic mass is 32.2. The number of amides is 3. The fourth-order valence-corrected chi connectivity index (χ4v) is 3.72. The van der Waals surface area contributed by atoms with Crippen LogP contribution in [0.3, 0.4) is 0 Å². The molecule has 1 aliphatic heterocycles. The van der Waals surface area contributed by atoms with E-state index in [-0.39, 0.29) is 18.0 Å². The number of rotatable bonds is 4. The van der Waals surface area contributed by atoms with Crippen molar-refractivity contribution in [2.75, 3.05) is 4.90 Å². The van der Waals surface area contributed by atoms with Gasteiger partial charge in [-0.1, -0.05) is 0 Å². The highest BCUT2D eigenvalue weighted by molar-refractivity contribution is 7.92. The maximum absolute atomic E-state index is 12.9. The number of nitrogens with zero attached hydrogens (tertiary/aromatic N) is 3. The summed E-state index contributed by atoms with van der Waals surface area (Å²) < 4.78 is 61.1. The van der Waals surface area contributed by atoms with Crippen molar-refractivity contribution < 1.29 is 36.3 Å². The zero-order chi connectivity index (χ0) is 22.5. The largest absolute Gasteiger partial charge is 0.506 e. The highest BCUT2D eigenvalue weighted by Crippen LogP contribution is 2.36. The van der Waals surface area contributed by atoms with Gasteiger partial charge in [-0.3, -0.25) is 9.78 Å². The molecule has 3 rings (SSSR count). The summed E-state index contributed by atoms with van der Waals surface area (Å²) in [5.41, 5.74) is -6.55. The van der Waals surface area contributed by atoms with Crippen LogP contribution < -0.4 is 4.90 Å². The molecule has 2 heterocycles. The Hall–Kier alpha value is -3.15. The van der Waals surface area contributed by atoms with E-state index >= 15 is 0 Å². The number of pyridine rings is 1. The van der Waals surface area contributed by atoms with E-state index in [0.717, 1.165) is 17.0 Å². The van der Waals surface area contributed by atoms with Crippen LogP contribution in [-0.2, 0) is 21.2 Å². The number of aromatic nitrogens is 1. The number of aromatic hydroxyl groups is 1. The molecule has 0 unspecified atom stereocenters. The average Bonchev–Trinajstić information content (AvgIpc) is 2.82. The van der Waals surface area contributed by atoms with Gasteiger partial charge in [0.1, 0.15) is 11.3 Å². The molecular formula is C18H16F3N3O5S. The highest BCUT2D eigenvalue weighted by Gasteiger charge is 2.52. The Labute approximate surface area is 169 Å². The standard InChI is InChI=1S/C18H16F3N3O5S/c1-17(2)15(26)24(16(27)23(17)10-11-7-8-22-9-14(11)25)12-3-5-13(6-4-12)30(28,29)18(19,20)21/h3-9,25H,10H2,1-2H3. The van der Waals surface area contributed by atoms with Crippen LogP contribution in [0, 0.1) is 0 Å². The predicted octanol–water partition coefficient (Wildman–Crippen LogP) is 2.83. The van der Waals surface area contributed by atoms with Crippen molar-refractivity contribution in [1.29, 1.82) is 0 Å². The number of hydrogen-bond acceptors (Lipinski definition) is 6. The zero-order valence-electron chi connectivity index (χ0n) is 15.7. The SMILES string of the molecule is CC1(C)C(=O)N(c2ccc(S(=O)(=O)C(F)(F)F)cc2)C(=O)N1Cc1ccncc1O. The summed E-state index contributed by atoms with van der Waals surface area (Å²) in [6.45, 7) is 2.84. The normalized spacial score (nSPS) is 17.0. The van der Waals surface area contributed by atoms with Gasteiger partial charge in [-0.2, -0.15) is 13.2 Å². The van der Waals surface area contributed by atoms with Gasteiger partial charge in [0.25, 0.3) is 15.7 Å². The number of imide groups is 1. The number of anilines is 1. The number of urea groups is 1. The minimum Gasteiger partial charge on any atom is -0.506 e. The first kappa shape index (κ1) is 21.6. The van der Waals surface area contributed by atoms with Crippen LogP contribution in [-0.4, -0.2) is 46.4 Å². The molecule has 1 fully saturated rings. The quantitative estimate of drug-likeness (QED) is 0.728. The predicted molar refractivity (Wildman–Crippen MR) is 98.1 cm³/mol. The molecule has 0 radical (unpaired) electrons. The van der Waals surface area contributed by atoms with Gasteiger partial charge in [0, 0.05) is 11.8 Å². The molecule has 8 nitrogen and oxygen atoms in total. The van der Waals surface area contributed by atoms with Crippen molar-refractivity contribution in [2.45, 2.75) is 36.3 Å². The second kappa shape index (κ2) is 6.97. The Balaban J connectivity index is 1.95. The number of sulfone groups is 1. The molecule has 12 heteroatoms. The number of alkyl halides is 3. The summed E-state index contributed by atoms with van der Waals surface area (Å²) in [7, 11) is -5.56. The first-order valence-electron chi connectivity index (χ1n) is 8.48. The van der Waals surface area contributed by atoms with E-state index in [1.54, 1.807) is 0 Å². The van der Waals surface area contributed by atoms with Crippen molar-refractivity contribution in [3.8, 4) is 5.75 Å². The van der Waals surface area contributed by atoms with E-state index in [0.29, 0.717) is 17.7 Å². The number of carbonyl (C=O) groups excluding carboxylic acids is 2. The van der Waals surface area contributed by atoms with Crippen LogP contribution in [0.1, 0.15) is 19.4 Å². The van der Waals surface area contributed by atoms with Crippen LogP contribution in [0.5, 0.6) is 5.75 Å². The zero-order valence-corrected chi connectivity index (χ0v) is 16.5. The molecule has 1 N–H and O–H groups in total. The summed E-state index contributed by atoms with van der Waals surface area (Å²) in [5.74, 6) is -0.832. The fraction of sp³-hybridized carbons (Fsp3) is 0.278. The molecule has 3 amide bonds. The van der Waals surface area contributed by atoms with Gasteiger partial charge in [-0.05, 0) is 44.2 Å². The summed E-state index contributed by atoms with van der Waals surface area (Å²) in [5, 5.41) is 9.90. The number of carbonyl (C=O) groups is 2. The van der Waals surface area contributed by atoms with Gasteiger partial charge >= 0.3 is 11.5 Å². The van der Waals surface area contributed by atoms with Crippen molar-refractivity contribution in [2.24, 2.45) is 0 Å². The minimum absolute atomic E-state index is 0.0827. The van der Waals surface area contributed by atoms with Gasteiger partial charge in [-0.15, -0.1) is 0 Å². The lowest BCUT2D eigenvalue weighted by atomic mass is 10.0. The van der Waals surface area contributed by atoms with Gasteiger partial charge in [0.2, 0.25) is 0 Å². The Kier molecular flexibility index (Phi) is 5.01. The lowest BCUT2D eigenvalue weighted by Crippen LogP contribution is -2.43. The fourth-order valence-electron chi connectivity index (χ4n) is 2.96. The second-order valence-corrected chi connectivity index (χ2v) is 8.96. The monoisotopic (exact) mass is 443 g/mol. The molecule has 0 aliphatic carbocycles. The van der Waals surface area contributed by atoms with Crippen molar-refractivity contribution in [1.82, 2.24) is 9.88 Å². The molecule has 0 saturated carbocycles. The van der Waals surface area contributed by atoms with Crippen LogP contribution in [0.15, 0.2) is 47.6 Å². The third-order valence-electron chi connectivity index (χ3n) is 4.75. The van der Waals surface area contributed by atoms with Gasteiger partial charge < -0.3 is 10.0 Å². The Bertz CT molecular complexity index is 1110. The molecule has 1 aromatic carbocycles. The van der Waals surface area contributed by atoms with Crippen LogP contribution >= 0.6 is 0 Å². The van der Waals surface area contributed by atoms with E-state index in [4.69, 9.17) is 0 Å². The van der Waals surface area contributed by atoms with Crippen LogP contribution in [0.25, 0.3) is 0 Å². The molecule has 0 atom stereocenters.